The Morgan fingerprint density at radius 2 is 1.97 bits per heavy atom. The Labute approximate surface area is 180 Å². The molecular weight excluding hydrogens is 410 g/mol. The van der Waals surface area contributed by atoms with Gasteiger partial charge in [0.25, 0.3) is 0 Å². The SMILES string of the molecule is COCCOCc1nnc(N2CCC(Oc3cc(F)cc(F)c3)C2)n1CC1CCOC1. The number of methoxy groups -OCH3 is 1. The summed E-state index contributed by atoms with van der Waals surface area (Å²) in [5.41, 5.74) is 0. The highest BCUT2D eigenvalue weighted by atomic mass is 19.1. The zero-order valence-corrected chi connectivity index (χ0v) is 17.6. The molecule has 31 heavy (non-hydrogen) atoms. The molecule has 0 N–H and O–H groups in total. The van der Waals surface area contributed by atoms with Crippen LogP contribution < -0.4 is 9.64 Å². The van der Waals surface area contributed by atoms with Gasteiger partial charge in [-0.3, -0.25) is 4.57 Å². The van der Waals surface area contributed by atoms with E-state index in [9.17, 15) is 8.78 Å². The number of hydrogen-bond donors (Lipinski definition) is 0. The summed E-state index contributed by atoms with van der Waals surface area (Å²) in [6.07, 6.45) is 1.53. The second kappa shape index (κ2) is 10.3. The number of halogens is 2. The summed E-state index contributed by atoms with van der Waals surface area (Å²) in [6, 6.07) is 3.23. The number of rotatable bonds is 10. The first-order chi connectivity index (χ1) is 15.1. The molecule has 2 atom stereocenters. The summed E-state index contributed by atoms with van der Waals surface area (Å²) < 4.78 is 51.1. The average Bonchev–Trinajstić information content (AvgIpc) is 3.47. The number of anilines is 1. The molecule has 10 heteroatoms. The molecule has 8 nitrogen and oxygen atoms in total. The summed E-state index contributed by atoms with van der Waals surface area (Å²) in [4.78, 5) is 2.10. The van der Waals surface area contributed by atoms with E-state index in [2.05, 4.69) is 19.7 Å². The first kappa shape index (κ1) is 21.9. The van der Waals surface area contributed by atoms with Gasteiger partial charge in [0.05, 0.1) is 26.4 Å². The van der Waals surface area contributed by atoms with E-state index in [0.29, 0.717) is 38.8 Å². The summed E-state index contributed by atoms with van der Waals surface area (Å²) in [5.74, 6) is 0.810. The second-order valence-electron chi connectivity index (χ2n) is 7.88. The van der Waals surface area contributed by atoms with Crippen LogP contribution in [0.1, 0.15) is 18.7 Å². The second-order valence-corrected chi connectivity index (χ2v) is 7.88. The van der Waals surface area contributed by atoms with Crippen molar-refractivity contribution >= 4 is 5.95 Å². The lowest BCUT2D eigenvalue weighted by Gasteiger charge is -2.21. The number of nitrogens with zero attached hydrogens (tertiary/aromatic N) is 4. The molecule has 3 heterocycles. The third-order valence-electron chi connectivity index (χ3n) is 5.50. The number of ether oxygens (including phenoxy) is 4. The van der Waals surface area contributed by atoms with Crippen molar-refractivity contribution in [3.8, 4) is 5.75 Å². The maximum Gasteiger partial charge on any atom is 0.227 e. The minimum absolute atomic E-state index is 0.192. The Balaban J connectivity index is 1.44. The number of benzene rings is 1. The predicted molar refractivity (Wildman–Crippen MR) is 108 cm³/mol. The van der Waals surface area contributed by atoms with E-state index >= 15 is 0 Å². The van der Waals surface area contributed by atoms with Crippen LogP contribution in [-0.4, -0.2) is 67.5 Å². The highest BCUT2D eigenvalue weighted by Gasteiger charge is 2.30. The summed E-state index contributed by atoms with van der Waals surface area (Å²) in [6.45, 7) is 4.86. The average molecular weight is 438 g/mol. The van der Waals surface area contributed by atoms with E-state index in [0.717, 1.165) is 50.4 Å². The van der Waals surface area contributed by atoms with E-state index in [4.69, 9.17) is 18.9 Å². The van der Waals surface area contributed by atoms with Gasteiger partial charge in [0.2, 0.25) is 5.95 Å². The van der Waals surface area contributed by atoms with Gasteiger partial charge in [0.1, 0.15) is 30.1 Å². The number of hydrogen-bond acceptors (Lipinski definition) is 7. The quantitative estimate of drug-likeness (QED) is 0.528. The van der Waals surface area contributed by atoms with Gasteiger partial charge in [-0.25, -0.2) is 8.78 Å². The molecule has 170 valence electrons. The van der Waals surface area contributed by atoms with Crippen molar-refractivity contribution in [1.29, 1.82) is 0 Å². The summed E-state index contributed by atoms with van der Waals surface area (Å²) in [5, 5.41) is 8.78. The lowest BCUT2D eigenvalue weighted by atomic mass is 10.1. The van der Waals surface area contributed by atoms with Gasteiger partial charge >= 0.3 is 0 Å². The molecule has 1 aromatic heterocycles. The third kappa shape index (κ3) is 5.69. The zero-order valence-electron chi connectivity index (χ0n) is 17.6. The van der Waals surface area contributed by atoms with Crippen LogP contribution in [0.15, 0.2) is 18.2 Å². The Kier molecular flexibility index (Phi) is 7.31. The lowest BCUT2D eigenvalue weighted by molar-refractivity contribution is 0.0568. The smallest absolute Gasteiger partial charge is 0.227 e. The first-order valence-corrected chi connectivity index (χ1v) is 10.6. The van der Waals surface area contributed by atoms with Crippen molar-refractivity contribution < 1.29 is 27.7 Å². The van der Waals surface area contributed by atoms with Gasteiger partial charge in [0, 0.05) is 57.3 Å². The van der Waals surface area contributed by atoms with Crippen molar-refractivity contribution in [2.24, 2.45) is 5.92 Å². The molecule has 2 aliphatic rings. The molecule has 1 aromatic carbocycles. The van der Waals surface area contributed by atoms with E-state index < -0.39 is 11.6 Å². The van der Waals surface area contributed by atoms with Gasteiger partial charge in [0.15, 0.2) is 5.82 Å². The van der Waals surface area contributed by atoms with Crippen LogP contribution in [0.2, 0.25) is 0 Å². The van der Waals surface area contributed by atoms with Gasteiger partial charge in [-0.1, -0.05) is 0 Å². The molecule has 2 saturated heterocycles. The first-order valence-electron chi connectivity index (χ1n) is 10.6. The molecule has 0 saturated carbocycles. The standard InChI is InChI=1S/C21H28F2N4O4/c1-28-6-7-30-14-20-24-25-21(27(20)11-15-3-5-29-13-15)26-4-2-18(12-26)31-19-9-16(22)8-17(23)10-19/h8-10,15,18H,2-7,11-14H2,1H3. The molecule has 2 fully saturated rings. The van der Waals surface area contributed by atoms with Gasteiger partial charge in [-0.2, -0.15) is 0 Å². The van der Waals surface area contributed by atoms with Crippen molar-refractivity contribution in [2.75, 3.05) is 51.5 Å². The molecule has 0 radical (unpaired) electrons. The zero-order chi connectivity index (χ0) is 21.6. The molecule has 0 aliphatic carbocycles. The van der Waals surface area contributed by atoms with Crippen LogP contribution in [0, 0.1) is 17.6 Å². The minimum atomic E-state index is -0.651. The topological polar surface area (TPSA) is 70.9 Å². The van der Waals surface area contributed by atoms with Crippen molar-refractivity contribution in [3.63, 3.8) is 0 Å². The lowest BCUT2D eigenvalue weighted by Crippen LogP contribution is -2.28. The van der Waals surface area contributed by atoms with E-state index in [1.165, 1.54) is 12.1 Å². The molecule has 0 bridgehead atoms. The van der Waals surface area contributed by atoms with Crippen LogP contribution in [0.5, 0.6) is 5.75 Å². The fraction of sp³-hybridized carbons (Fsp3) is 0.619. The summed E-state index contributed by atoms with van der Waals surface area (Å²) in [7, 11) is 1.63. The van der Waals surface area contributed by atoms with Crippen LogP contribution in [0.25, 0.3) is 0 Å². The molecular formula is C21H28F2N4O4. The largest absolute Gasteiger partial charge is 0.488 e. The third-order valence-corrected chi connectivity index (χ3v) is 5.50. The van der Waals surface area contributed by atoms with Crippen molar-refractivity contribution in [3.05, 3.63) is 35.7 Å². The molecule has 2 aromatic rings. The Hall–Kier alpha value is -2.30. The van der Waals surface area contributed by atoms with Crippen LogP contribution in [0.3, 0.4) is 0 Å². The maximum absolute atomic E-state index is 13.5. The van der Waals surface area contributed by atoms with Crippen LogP contribution in [-0.2, 0) is 27.4 Å². The fourth-order valence-electron chi connectivity index (χ4n) is 3.94. The van der Waals surface area contributed by atoms with Crippen LogP contribution in [0.4, 0.5) is 14.7 Å². The summed E-state index contributed by atoms with van der Waals surface area (Å²) >= 11 is 0. The highest BCUT2D eigenvalue weighted by Crippen LogP contribution is 2.26. The molecule has 0 amide bonds. The van der Waals surface area contributed by atoms with Gasteiger partial charge in [-0.05, 0) is 6.42 Å². The fourth-order valence-corrected chi connectivity index (χ4v) is 3.94. The highest BCUT2D eigenvalue weighted by molar-refractivity contribution is 5.34. The van der Waals surface area contributed by atoms with E-state index in [1.54, 1.807) is 7.11 Å². The Bertz CT molecular complexity index is 840. The number of aromatic nitrogens is 3. The van der Waals surface area contributed by atoms with E-state index in [-0.39, 0.29) is 11.9 Å². The predicted octanol–water partition coefficient (Wildman–Crippen LogP) is 2.41. The van der Waals surface area contributed by atoms with Crippen molar-refractivity contribution in [2.45, 2.75) is 32.1 Å². The Morgan fingerprint density at radius 1 is 1.13 bits per heavy atom. The molecule has 0 spiro atoms. The normalized spacial score (nSPS) is 21.2. The van der Waals surface area contributed by atoms with Gasteiger partial charge < -0.3 is 23.8 Å². The van der Waals surface area contributed by atoms with Crippen LogP contribution >= 0.6 is 0 Å². The minimum Gasteiger partial charge on any atom is -0.488 e. The maximum atomic E-state index is 13.5. The van der Waals surface area contributed by atoms with Gasteiger partial charge in [-0.15, -0.1) is 10.2 Å². The Morgan fingerprint density at radius 3 is 2.71 bits per heavy atom. The van der Waals surface area contributed by atoms with E-state index in [1.807, 2.05) is 0 Å². The molecule has 4 rings (SSSR count). The monoisotopic (exact) mass is 438 g/mol. The molecule has 2 aliphatic heterocycles. The van der Waals surface area contributed by atoms with Crippen molar-refractivity contribution in [1.82, 2.24) is 14.8 Å². The molecule has 2 unspecified atom stereocenters.